The number of fused-ring (bicyclic) bond motifs is 2. The minimum absolute atomic E-state index is 0.0785. The molecule has 0 saturated heterocycles. The molecule has 3 aromatic rings. The molecule has 3 nitrogen and oxygen atoms in total. The summed E-state index contributed by atoms with van der Waals surface area (Å²) in [7, 11) is 0. The predicted molar refractivity (Wildman–Crippen MR) is 270 cm³/mol. The van der Waals surface area contributed by atoms with Crippen LogP contribution < -0.4 is 0 Å². The molecule has 2 aliphatic carbocycles. The van der Waals surface area contributed by atoms with Crippen molar-refractivity contribution in [2.75, 3.05) is 6.61 Å². The zero-order valence-corrected chi connectivity index (χ0v) is 43.3. The first-order valence-corrected chi connectivity index (χ1v) is 24.5. The van der Waals surface area contributed by atoms with Gasteiger partial charge in [-0.2, -0.15) is 0 Å². The molecule has 0 radical (unpaired) electrons. The molecule has 0 amide bonds. The largest absolute Gasteiger partial charge is 0.507 e. The minimum atomic E-state index is -0.165. The van der Waals surface area contributed by atoms with Crippen LogP contribution in [0.1, 0.15) is 237 Å². The maximum absolute atomic E-state index is 13.9. The topological polar surface area (TPSA) is 46.5 Å². The number of ether oxygens (including phenoxy) is 1. The minimum Gasteiger partial charge on any atom is -0.507 e. The van der Waals surface area contributed by atoms with E-state index in [-0.39, 0.29) is 37.9 Å². The standard InChI is InChI=1S/C60H88O3/c1-20-29-60(31-28-44(61)26-25-43-33-46(55(7,8)9)52-48(35-43)59(52,18)19,38-63-40(3)22-24-42-32-45(54(4,5)6)51-47(34-42)58(51,16)17)30-27-39(2)21-23-41-36-49(56(10,11)12)53(62)50(37-41)57(13,14)15/h32-37,62H,2-3,20-31,38H2,1,4-19H3. The van der Waals surface area contributed by atoms with Gasteiger partial charge >= 0.3 is 0 Å². The van der Waals surface area contributed by atoms with Crippen LogP contribution in [0.3, 0.4) is 0 Å². The fraction of sp³-hybridized carbons (Fsp3) is 0.617. The van der Waals surface area contributed by atoms with E-state index in [0.717, 1.165) is 81.1 Å². The van der Waals surface area contributed by atoms with Crippen LogP contribution in [0.2, 0.25) is 0 Å². The number of hydrogen-bond donors (Lipinski definition) is 1. The van der Waals surface area contributed by atoms with Gasteiger partial charge in [-0.3, -0.25) is 4.79 Å². The molecule has 0 heterocycles. The third kappa shape index (κ3) is 11.8. The molecular formula is C60H88O3. The number of aromatic hydroxyl groups is 1. The Balaban J connectivity index is 1.29. The van der Waals surface area contributed by atoms with E-state index in [2.05, 4.69) is 167 Å². The van der Waals surface area contributed by atoms with Crippen molar-refractivity contribution in [3.63, 3.8) is 0 Å². The van der Waals surface area contributed by atoms with Crippen LogP contribution in [0, 0.1) is 5.41 Å². The molecule has 0 aliphatic heterocycles. The maximum atomic E-state index is 13.9. The average molecular weight is 857 g/mol. The van der Waals surface area contributed by atoms with Gasteiger partial charge in [0.1, 0.15) is 11.5 Å². The highest BCUT2D eigenvalue weighted by atomic mass is 16.5. The molecular weight excluding hydrogens is 769 g/mol. The summed E-state index contributed by atoms with van der Waals surface area (Å²) < 4.78 is 6.71. The summed E-state index contributed by atoms with van der Waals surface area (Å²) in [6.45, 7) is 48.2. The number of allylic oxidation sites excluding steroid dienone is 2. The summed E-state index contributed by atoms with van der Waals surface area (Å²) in [6, 6.07) is 14.0. The first-order valence-electron chi connectivity index (χ1n) is 24.5. The van der Waals surface area contributed by atoms with Gasteiger partial charge in [-0.05, 0) is 134 Å². The molecule has 346 valence electrons. The molecule has 0 spiro atoms. The number of hydrogen-bond acceptors (Lipinski definition) is 3. The molecule has 0 aromatic heterocycles. The second kappa shape index (κ2) is 18.0. The predicted octanol–water partition coefficient (Wildman–Crippen LogP) is 16.1. The van der Waals surface area contributed by atoms with Gasteiger partial charge < -0.3 is 9.84 Å². The lowest BCUT2D eigenvalue weighted by Crippen LogP contribution is -2.28. The molecule has 3 aromatic carbocycles. The average Bonchev–Trinajstić information content (AvgIpc) is 3.95. The van der Waals surface area contributed by atoms with Crippen LogP contribution in [0.25, 0.3) is 0 Å². The summed E-state index contributed by atoms with van der Waals surface area (Å²) in [5.74, 6) is 1.60. The van der Waals surface area contributed by atoms with E-state index in [0.29, 0.717) is 31.0 Å². The summed E-state index contributed by atoms with van der Waals surface area (Å²) in [5, 5.41) is 11.3. The van der Waals surface area contributed by atoms with Gasteiger partial charge in [-0.25, -0.2) is 0 Å². The molecule has 0 bridgehead atoms. The van der Waals surface area contributed by atoms with Gasteiger partial charge in [0.15, 0.2) is 0 Å². The third-order valence-electron chi connectivity index (χ3n) is 14.7. The Morgan fingerprint density at radius 3 is 1.40 bits per heavy atom. The van der Waals surface area contributed by atoms with Crippen LogP contribution in [-0.2, 0) is 61.3 Å². The SMILES string of the molecule is C=C(CCc1cc(C(C)(C)C)c(O)c(C(C)(C)C)c1)CCC(CCC)(CCC(=O)CCc1cc(C(C)(C)C)c2c(c1)C2(C)C)COC(=C)CCc1cc(C(C)(C)C)c2c(c1)C2(C)C. The monoisotopic (exact) mass is 857 g/mol. The van der Waals surface area contributed by atoms with Crippen molar-refractivity contribution in [2.45, 2.75) is 227 Å². The van der Waals surface area contributed by atoms with Crippen molar-refractivity contribution in [3.05, 3.63) is 122 Å². The summed E-state index contributed by atoms with van der Waals surface area (Å²) >= 11 is 0. The lowest BCUT2D eigenvalue weighted by Gasteiger charge is -2.34. The molecule has 5 rings (SSSR count). The zero-order chi connectivity index (χ0) is 47.3. The highest BCUT2D eigenvalue weighted by Gasteiger charge is 2.47. The van der Waals surface area contributed by atoms with Crippen molar-refractivity contribution in [1.82, 2.24) is 0 Å². The van der Waals surface area contributed by atoms with Crippen LogP contribution >= 0.6 is 0 Å². The Bertz CT molecular complexity index is 2060. The van der Waals surface area contributed by atoms with E-state index < -0.39 is 0 Å². The Kier molecular flexibility index (Phi) is 14.4. The van der Waals surface area contributed by atoms with E-state index in [1.807, 2.05) is 0 Å². The van der Waals surface area contributed by atoms with E-state index in [4.69, 9.17) is 4.74 Å². The summed E-state index contributed by atoms with van der Waals surface area (Å²) in [5.41, 5.74) is 16.0. The summed E-state index contributed by atoms with van der Waals surface area (Å²) in [4.78, 5) is 13.9. The van der Waals surface area contributed by atoms with Gasteiger partial charge in [-0.1, -0.05) is 179 Å². The number of carbonyl (C=O) groups excluding carboxylic acids is 1. The first kappa shape index (κ1) is 50.4. The fourth-order valence-electron chi connectivity index (χ4n) is 10.3. The van der Waals surface area contributed by atoms with Crippen molar-refractivity contribution in [3.8, 4) is 5.75 Å². The van der Waals surface area contributed by atoms with Crippen molar-refractivity contribution in [2.24, 2.45) is 5.41 Å². The van der Waals surface area contributed by atoms with Gasteiger partial charge in [0.25, 0.3) is 0 Å². The molecule has 0 fully saturated rings. The van der Waals surface area contributed by atoms with Gasteiger partial charge in [0, 0.05) is 35.5 Å². The Labute approximate surface area is 386 Å². The number of Topliss-reactive ketones (excluding diaryl/α,β-unsaturated/α-hetero) is 1. The number of phenolic OH excluding ortho intramolecular Hbond substituents is 1. The fourth-order valence-corrected chi connectivity index (χ4v) is 10.3. The van der Waals surface area contributed by atoms with Crippen LogP contribution in [0.4, 0.5) is 0 Å². The molecule has 1 unspecified atom stereocenters. The first-order chi connectivity index (χ1) is 28.8. The normalized spacial score (nSPS) is 16.2. The van der Waals surface area contributed by atoms with Crippen LogP contribution in [0.5, 0.6) is 5.75 Å². The molecule has 1 N–H and O–H groups in total. The molecule has 2 aliphatic rings. The van der Waals surface area contributed by atoms with Crippen molar-refractivity contribution < 1.29 is 14.6 Å². The Morgan fingerprint density at radius 1 is 0.556 bits per heavy atom. The summed E-state index contributed by atoms with van der Waals surface area (Å²) in [6.07, 6.45) is 10.0. The number of carbonyl (C=O) groups is 1. The molecule has 63 heavy (non-hydrogen) atoms. The van der Waals surface area contributed by atoms with E-state index in [9.17, 15) is 9.90 Å². The second-order valence-corrected chi connectivity index (χ2v) is 25.3. The third-order valence-corrected chi connectivity index (χ3v) is 14.7. The maximum Gasteiger partial charge on any atom is 0.133 e. The Hall–Kier alpha value is -3.59. The van der Waals surface area contributed by atoms with Crippen molar-refractivity contribution in [1.29, 1.82) is 0 Å². The highest BCUT2D eigenvalue weighted by Crippen LogP contribution is 2.55. The number of aryl methyl sites for hydroxylation is 3. The van der Waals surface area contributed by atoms with E-state index >= 15 is 0 Å². The molecule has 1 atom stereocenters. The number of phenols is 1. The van der Waals surface area contributed by atoms with Crippen LogP contribution in [-0.4, -0.2) is 17.5 Å². The second-order valence-electron chi connectivity index (χ2n) is 25.3. The van der Waals surface area contributed by atoms with E-state index in [1.165, 1.54) is 55.6 Å². The zero-order valence-electron chi connectivity index (χ0n) is 43.3. The lowest BCUT2D eigenvalue weighted by molar-refractivity contribution is -0.120. The van der Waals surface area contributed by atoms with Crippen LogP contribution in [0.15, 0.2) is 60.9 Å². The molecule has 0 saturated carbocycles. The number of rotatable bonds is 20. The smallest absolute Gasteiger partial charge is 0.133 e. The van der Waals surface area contributed by atoms with E-state index in [1.54, 1.807) is 0 Å². The lowest BCUT2D eigenvalue weighted by atomic mass is 9.74. The quantitative estimate of drug-likeness (QED) is 0.0910. The van der Waals surface area contributed by atoms with Gasteiger partial charge in [0.2, 0.25) is 0 Å². The van der Waals surface area contributed by atoms with Gasteiger partial charge in [-0.15, -0.1) is 0 Å². The molecule has 3 heteroatoms. The van der Waals surface area contributed by atoms with Gasteiger partial charge in [0.05, 0.1) is 12.4 Å². The highest BCUT2D eigenvalue weighted by molar-refractivity contribution is 5.79. The Morgan fingerprint density at radius 2 is 0.952 bits per heavy atom. The number of ketones is 1. The number of benzene rings is 3. The van der Waals surface area contributed by atoms with Crippen molar-refractivity contribution >= 4 is 5.78 Å².